The molecule has 0 aromatic heterocycles. The van der Waals surface area contributed by atoms with E-state index in [1.165, 1.54) is 4.90 Å². The number of hydrogen-bond acceptors (Lipinski definition) is 3. The third-order valence-electron chi connectivity index (χ3n) is 4.61. The Morgan fingerprint density at radius 3 is 2.33 bits per heavy atom. The fourth-order valence-electron chi connectivity index (χ4n) is 3.04. The van der Waals surface area contributed by atoms with Gasteiger partial charge >= 0.3 is 0 Å². The minimum absolute atomic E-state index is 0.0203. The van der Waals surface area contributed by atoms with Crippen LogP contribution < -0.4 is 10.1 Å². The third-order valence-corrected chi connectivity index (χ3v) is 6.10. The predicted octanol–water partition coefficient (Wildman–Crippen LogP) is 5.04. The van der Waals surface area contributed by atoms with Gasteiger partial charge in [-0.1, -0.05) is 39.7 Å². The van der Waals surface area contributed by atoms with E-state index in [4.69, 9.17) is 16.3 Å². The SMILES string of the molecule is Cc1cc(OCC(=O)N(Cc2cccc(Cl)c2)[C@H](C)C(=O)NC(C)C)cc(C)c1Br. The van der Waals surface area contributed by atoms with Gasteiger partial charge in [-0.25, -0.2) is 0 Å². The van der Waals surface area contributed by atoms with E-state index >= 15 is 0 Å². The van der Waals surface area contributed by atoms with Gasteiger partial charge in [0.15, 0.2) is 6.61 Å². The number of halogens is 2. The zero-order valence-electron chi connectivity index (χ0n) is 18.0. The molecule has 30 heavy (non-hydrogen) atoms. The van der Waals surface area contributed by atoms with E-state index in [1.807, 2.05) is 52.0 Å². The van der Waals surface area contributed by atoms with Gasteiger partial charge in [0.25, 0.3) is 5.91 Å². The van der Waals surface area contributed by atoms with Crippen LogP contribution in [-0.4, -0.2) is 35.4 Å². The molecule has 0 fully saturated rings. The second kappa shape index (κ2) is 10.8. The van der Waals surface area contributed by atoms with Gasteiger partial charge in [0.2, 0.25) is 5.91 Å². The van der Waals surface area contributed by atoms with Crippen molar-refractivity contribution >= 4 is 39.3 Å². The molecule has 7 heteroatoms. The molecule has 0 heterocycles. The van der Waals surface area contributed by atoms with Crippen LogP contribution in [0.15, 0.2) is 40.9 Å². The Labute approximate surface area is 191 Å². The summed E-state index contributed by atoms with van der Waals surface area (Å²) in [5.41, 5.74) is 2.89. The molecular formula is C23H28BrClN2O3. The lowest BCUT2D eigenvalue weighted by molar-refractivity contribution is -0.142. The summed E-state index contributed by atoms with van der Waals surface area (Å²) in [5, 5.41) is 3.44. The van der Waals surface area contributed by atoms with Crippen LogP contribution in [0.25, 0.3) is 0 Å². The van der Waals surface area contributed by atoms with Crippen molar-refractivity contribution in [3.8, 4) is 5.75 Å². The number of benzene rings is 2. The van der Waals surface area contributed by atoms with Crippen molar-refractivity contribution in [3.63, 3.8) is 0 Å². The molecule has 2 rings (SSSR count). The molecule has 0 aliphatic carbocycles. The highest BCUT2D eigenvalue weighted by Gasteiger charge is 2.27. The minimum Gasteiger partial charge on any atom is -0.484 e. The number of nitrogens with zero attached hydrogens (tertiary/aromatic N) is 1. The Bertz CT molecular complexity index is 894. The van der Waals surface area contributed by atoms with E-state index in [0.717, 1.165) is 21.2 Å². The van der Waals surface area contributed by atoms with Crippen molar-refractivity contribution in [2.75, 3.05) is 6.61 Å². The summed E-state index contributed by atoms with van der Waals surface area (Å²) in [6, 6.07) is 10.3. The summed E-state index contributed by atoms with van der Waals surface area (Å²) in [4.78, 5) is 27.1. The zero-order chi connectivity index (χ0) is 22.4. The number of rotatable bonds is 8. The van der Waals surface area contributed by atoms with Crippen LogP contribution in [0.5, 0.6) is 5.75 Å². The maximum Gasteiger partial charge on any atom is 0.261 e. The molecule has 5 nitrogen and oxygen atoms in total. The molecule has 1 N–H and O–H groups in total. The molecule has 0 aliphatic heterocycles. The fourth-order valence-corrected chi connectivity index (χ4v) is 3.48. The summed E-state index contributed by atoms with van der Waals surface area (Å²) >= 11 is 9.62. The molecule has 2 aromatic carbocycles. The van der Waals surface area contributed by atoms with Crippen molar-refractivity contribution in [2.24, 2.45) is 0 Å². The normalized spacial score (nSPS) is 11.9. The van der Waals surface area contributed by atoms with Crippen LogP contribution >= 0.6 is 27.5 Å². The quantitative estimate of drug-likeness (QED) is 0.558. The first kappa shape index (κ1) is 24.2. The summed E-state index contributed by atoms with van der Waals surface area (Å²) < 4.78 is 6.78. The minimum atomic E-state index is -0.657. The summed E-state index contributed by atoms with van der Waals surface area (Å²) in [5.74, 6) is 0.124. The van der Waals surface area contributed by atoms with E-state index < -0.39 is 6.04 Å². The van der Waals surface area contributed by atoms with Crippen molar-refractivity contribution in [3.05, 3.63) is 62.6 Å². The van der Waals surface area contributed by atoms with Crippen LogP contribution in [0.4, 0.5) is 0 Å². The van der Waals surface area contributed by atoms with Crippen molar-refractivity contribution in [2.45, 2.75) is 53.2 Å². The highest BCUT2D eigenvalue weighted by atomic mass is 79.9. The maximum atomic E-state index is 13.1. The van der Waals surface area contributed by atoms with Crippen LogP contribution in [0.2, 0.25) is 5.02 Å². The first-order chi connectivity index (χ1) is 14.1. The number of nitrogens with one attached hydrogen (secondary N) is 1. The van der Waals surface area contributed by atoms with Gasteiger partial charge in [-0.2, -0.15) is 0 Å². The number of hydrogen-bond donors (Lipinski definition) is 1. The van der Waals surface area contributed by atoms with Gasteiger partial charge in [-0.3, -0.25) is 9.59 Å². The Kier molecular flexibility index (Phi) is 8.74. The van der Waals surface area contributed by atoms with E-state index in [2.05, 4.69) is 21.2 Å². The lowest BCUT2D eigenvalue weighted by atomic mass is 10.1. The summed E-state index contributed by atoms with van der Waals surface area (Å²) in [6.07, 6.45) is 0. The first-order valence-electron chi connectivity index (χ1n) is 9.82. The Morgan fingerprint density at radius 2 is 1.77 bits per heavy atom. The number of carbonyl (C=O) groups excluding carboxylic acids is 2. The topological polar surface area (TPSA) is 58.6 Å². The first-order valence-corrected chi connectivity index (χ1v) is 11.0. The standard InChI is InChI=1S/C23H28BrClN2O3/c1-14(2)26-23(29)17(5)27(12-18-7-6-8-19(25)11-18)21(28)13-30-20-9-15(3)22(24)16(4)10-20/h6-11,14,17H,12-13H2,1-5H3,(H,26,29)/t17-/m1/s1. The second-order valence-electron chi connectivity index (χ2n) is 7.65. The number of ether oxygens (including phenoxy) is 1. The molecule has 0 saturated carbocycles. The highest BCUT2D eigenvalue weighted by Crippen LogP contribution is 2.26. The van der Waals surface area contributed by atoms with Gasteiger partial charge < -0.3 is 15.0 Å². The molecule has 0 bridgehead atoms. The van der Waals surface area contributed by atoms with E-state index in [9.17, 15) is 9.59 Å². The largest absolute Gasteiger partial charge is 0.484 e. The van der Waals surface area contributed by atoms with E-state index in [1.54, 1.807) is 19.1 Å². The van der Waals surface area contributed by atoms with Gasteiger partial charge in [0.1, 0.15) is 11.8 Å². The van der Waals surface area contributed by atoms with Gasteiger partial charge in [0, 0.05) is 22.1 Å². The van der Waals surface area contributed by atoms with Crippen molar-refractivity contribution in [1.29, 1.82) is 0 Å². The monoisotopic (exact) mass is 494 g/mol. The van der Waals surface area contributed by atoms with Crippen LogP contribution in [0, 0.1) is 13.8 Å². The zero-order valence-corrected chi connectivity index (χ0v) is 20.3. The van der Waals surface area contributed by atoms with Gasteiger partial charge in [-0.15, -0.1) is 0 Å². The van der Waals surface area contributed by atoms with Crippen LogP contribution in [0.3, 0.4) is 0 Å². The smallest absolute Gasteiger partial charge is 0.261 e. The molecule has 0 radical (unpaired) electrons. The van der Waals surface area contributed by atoms with Gasteiger partial charge in [0.05, 0.1) is 0 Å². The summed E-state index contributed by atoms with van der Waals surface area (Å²) in [7, 11) is 0. The van der Waals surface area contributed by atoms with Crippen molar-refractivity contribution in [1.82, 2.24) is 10.2 Å². The lowest BCUT2D eigenvalue weighted by Crippen LogP contribution is -2.50. The maximum absolute atomic E-state index is 13.1. The van der Waals surface area contributed by atoms with Gasteiger partial charge in [-0.05, 0) is 75.6 Å². The molecule has 0 unspecified atom stereocenters. The molecule has 2 amide bonds. The molecule has 0 aliphatic rings. The third kappa shape index (κ3) is 6.74. The highest BCUT2D eigenvalue weighted by molar-refractivity contribution is 9.10. The Morgan fingerprint density at radius 1 is 1.13 bits per heavy atom. The fraction of sp³-hybridized carbons (Fsp3) is 0.391. The number of amides is 2. The predicted molar refractivity (Wildman–Crippen MR) is 124 cm³/mol. The lowest BCUT2D eigenvalue weighted by Gasteiger charge is -2.29. The van der Waals surface area contributed by atoms with Crippen LogP contribution in [-0.2, 0) is 16.1 Å². The number of aryl methyl sites for hydroxylation is 2. The number of carbonyl (C=O) groups is 2. The molecular weight excluding hydrogens is 468 g/mol. The van der Waals surface area contributed by atoms with Crippen molar-refractivity contribution < 1.29 is 14.3 Å². The second-order valence-corrected chi connectivity index (χ2v) is 8.88. The van der Waals surface area contributed by atoms with E-state index in [0.29, 0.717) is 10.8 Å². The molecule has 0 saturated heterocycles. The van der Waals surface area contributed by atoms with E-state index in [-0.39, 0.29) is 31.0 Å². The Hall–Kier alpha value is -2.05. The average Bonchev–Trinajstić information content (AvgIpc) is 2.67. The summed E-state index contributed by atoms with van der Waals surface area (Å²) in [6.45, 7) is 9.51. The van der Waals surface area contributed by atoms with Crippen LogP contribution in [0.1, 0.15) is 37.5 Å². The average molecular weight is 496 g/mol. The molecule has 2 aromatic rings. The molecule has 0 spiro atoms. The molecule has 1 atom stereocenters. The Balaban J connectivity index is 2.19. The molecule has 162 valence electrons.